The standard InChI is InChI=1S/C16H30O7S/c1-3-5-7-8-9-11-13(10-6-4-2)23-16(19)14(12-15(17)18)24(20,21)22/h13-14H,3-12H2,1-2H3,(H,17,18)(H,20,21,22). The third-order valence-electron chi connectivity index (χ3n) is 3.77. The third-order valence-corrected chi connectivity index (χ3v) is 4.85. The topological polar surface area (TPSA) is 118 Å². The first-order valence-corrected chi connectivity index (χ1v) is 10.1. The third kappa shape index (κ3) is 10.6. The van der Waals surface area contributed by atoms with Crippen molar-refractivity contribution in [2.75, 3.05) is 0 Å². The molecule has 0 aliphatic rings. The number of ether oxygens (including phenoxy) is 1. The fraction of sp³-hybridized carbons (Fsp3) is 0.875. The van der Waals surface area contributed by atoms with Crippen LogP contribution in [0.4, 0.5) is 0 Å². The normalized spacial score (nSPS) is 14.1. The van der Waals surface area contributed by atoms with Gasteiger partial charge in [-0.25, -0.2) is 0 Å². The van der Waals surface area contributed by atoms with Crippen LogP contribution < -0.4 is 0 Å². The Hall–Kier alpha value is -1.15. The van der Waals surface area contributed by atoms with Crippen molar-refractivity contribution in [1.29, 1.82) is 0 Å². The van der Waals surface area contributed by atoms with Crippen molar-refractivity contribution in [3.63, 3.8) is 0 Å². The first-order valence-electron chi connectivity index (χ1n) is 8.60. The molecule has 7 nitrogen and oxygen atoms in total. The lowest BCUT2D eigenvalue weighted by Crippen LogP contribution is -2.36. The Balaban J connectivity index is 4.71. The second kappa shape index (κ2) is 12.2. The Morgan fingerprint density at radius 3 is 2.00 bits per heavy atom. The van der Waals surface area contributed by atoms with E-state index >= 15 is 0 Å². The molecule has 2 N–H and O–H groups in total. The average molecular weight is 366 g/mol. The van der Waals surface area contributed by atoms with Crippen molar-refractivity contribution in [1.82, 2.24) is 0 Å². The number of rotatable bonds is 14. The molecule has 0 bridgehead atoms. The molecule has 142 valence electrons. The first kappa shape index (κ1) is 22.9. The number of hydrogen-bond acceptors (Lipinski definition) is 5. The van der Waals surface area contributed by atoms with Crippen molar-refractivity contribution in [3.8, 4) is 0 Å². The van der Waals surface area contributed by atoms with Crippen LogP contribution in [0.25, 0.3) is 0 Å². The van der Waals surface area contributed by atoms with Gasteiger partial charge in [-0.2, -0.15) is 8.42 Å². The van der Waals surface area contributed by atoms with E-state index in [1.54, 1.807) is 0 Å². The van der Waals surface area contributed by atoms with E-state index < -0.39 is 39.8 Å². The van der Waals surface area contributed by atoms with Gasteiger partial charge in [-0.3, -0.25) is 14.1 Å². The summed E-state index contributed by atoms with van der Waals surface area (Å²) in [6.45, 7) is 4.11. The molecule has 0 aromatic heterocycles. The maximum atomic E-state index is 12.0. The van der Waals surface area contributed by atoms with Gasteiger partial charge >= 0.3 is 11.9 Å². The lowest BCUT2D eigenvalue weighted by Gasteiger charge is -2.20. The molecule has 8 heteroatoms. The summed E-state index contributed by atoms with van der Waals surface area (Å²) in [7, 11) is -4.81. The van der Waals surface area contributed by atoms with Crippen LogP contribution in [0.5, 0.6) is 0 Å². The van der Waals surface area contributed by atoms with Crippen molar-refractivity contribution in [2.45, 2.75) is 89.4 Å². The molecular weight excluding hydrogens is 336 g/mol. The van der Waals surface area contributed by atoms with Crippen molar-refractivity contribution in [2.24, 2.45) is 0 Å². The number of hydrogen-bond donors (Lipinski definition) is 2. The van der Waals surface area contributed by atoms with Crippen molar-refractivity contribution >= 4 is 22.1 Å². The first-order chi connectivity index (χ1) is 11.2. The van der Waals surface area contributed by atoms with Crippen molar-refractivity contribution in [3.05, 3.63) is 0 Å². The number of carbonyl (C=O) groups is 2. The highest BCUT2D eigenvalue weighted by atomic mass is 32.2. The summed E-state index contributed by atoms with van der Waals surface area (Å²) >= 11 is 0. The summed E-state index contributed by atoms with van der Waals surface area (Å²) in [5.74, 6) is -2.67. The van der Waals surface area contributed by atoms with Gasteiger partial charge < -0.3 is 9.84 Å². The van der Waals surface area contributed by atoms with Crippen LogP contribution in [0, 0.1) is 0 Å². The summed E-state index contributed by atoms with van der Waals surface area (Å²) in [6, 6.07) is 0. The molecule has 0 aromatic carbocycles. The predicted molar refractivity (Wildman–Crippen MR) is 90.4 cm³/mol. The minimum absolute atomic E-state index is 0.447. The maximum absolute atomic E-state index is 12.0. The Morgan fingerprint density at radius 2 is 1.50 bits per heavy atom. The van der Waals surface area contributed by atoms with Gasteiger partial charge in [0.15, 0.2) is 5.25 Å². The predicted octanol–water partition coefficient (Wildman–Crippen LogP) is 3.18. The zero-order valence-corrected chi connectivity index (χ0v) is 15.4. The largest absolute Gasteiger partial charge is 0.481 e. The monoisotopic (exact) mass is 366 g/mol. The van der Waals surface area contributed by atoms with Crippen LogP contribution in [0.3, 0.4) is 0 Å². The summed E-state index contributed by atoms with van der Waals surface area (Å²) in [4.78, 5) is 22.7. The fourth-order valence-electron chi connectivity index (χ4n) is 2.38. The molecule has 0 amide bonds. The van der Waals surface area contributed by atoms with E-state index in [1.165, 1.54) is 0 Å². The van der Waals surface area contributed by atoms with Crippen LogP contribution in [-0.4, -0.2) is 41.4 Å². The van der Waals surface area contributed by atoms with E-state index in [1.807, 2.05) is 6.92 Å². The summed E-state index contributed by atoms with van der Waals surface area (Å²) in [6.07, 6.45) is 6.71. The minimum atomic E-state index is -4.81. The molecule has 2 unspecified atom stereocenters. The fourth-order valence-corrected chi connectivity index (χ4v) is 3.03. The molecule has 0 rings (SSSR count). The molecule has 0 heterocycles. The van der Waals surface area contributed by atoms with Gasteiger partial charge in [-0.15, -0.1) is 0 Å². The van der Waals surface area contributed by atoms with Crippen LogP contribution in [-0.2, 0) is 24.4 Å². The molecule has 0 saturated carbocycles. The van der Waals surface area contributed by atoms with Crippen LogP contribution in [0.2, 0.25) is 0 Å². The molecule has 0 saturated heterocycles. The Bertz CT molecular complexity index is 473. The zero-order valence-electron chi connectivity index (χ0n) is 14.6. The van der Waals surface area contributed by atoms with Crippen LogP contribution >= 0.6 is 0 Å². The van der Waals surface area contributed by atoms with Crippen LogP contribution in [0.1, 0.15) is 78.1 Å². The van der Waals surface area contributed by atoms with Crippen molar-refractivity contribution < 1.29 is 32.4 Å². The highest BCUT2D eigenvalue weighted by molar-refractivity contribution is 7.87. The molecule has 0 aromatic rings. The van der Waals surface area contributed by atoms with E-state index in [9.17, 15) is 18.0 Å². The number of carboxylic acids is 1. The second-order valence-electron chi connectivity index (χ2n) is 6.01. The lowest BCUT2D eigenvalue weighted by atomic mass is 10.0. The minimum Gasteiger partial charge on any atom is -0.481 e. The Morgan fingerprint density at radius 1 is 0.958 bits per heavy atom. The van der Waals surface area contributed by atoms with E-state index in [4.69, 9.17) is 14.4 Å². The molecule has 0 spiro atoms. The highest BCUT2D eigenvalue weighted by Gasteiger charge is 2.36. The van der Waals surface area contributed by atoms with Crippen LogP contribution in [0.15, 0.2) is 0 Å². The van der Waals surface area contributed by atoms with Gasteiger partial charge in [0.25, 0.3) is 10.1 Å². The number of unbranched alkanes of at least 4 members (excludes halogenated alkanes) is 5. The maximum Gasteiger partial charge on any atom is 0.327 e. The summed E-state index contributed by atoms with van der Waals surface area (Å²) in [5, 5.41) is 6.64. The lowest BCUT2D eigenvalue weighted by molar-refractivity contribution is -0.152. The van der Waals surface area contributed by atoms with E-state index in [2.05, 4.69) is 6.92 Å². The zero-order chi connectivity index (χ0) is 18.6. The second-order valence-corrected chi connectivity index (χ2v) is 7.60. The van der Waals surface area contributed by atoms with E-state index in [0.717, 1.165) is 44.9 Å². The van der Waals surface area contributed by atoms with Gasteiger partial charge in [-0.1, -0.05) is 52.4 Å². The van der Waals surface area contributed by atoms with Gasteiger partial charge in [0.1, 0.15) is 6.10 Å². The highest BCUT2D eigenvalue weighted by Crippen LogP contribution is 2.17. The number of aliphatic carboxylic acids is 1. The van der Waals surface area contributed by atoms with Gasteiger partial charge in [0.05, 0.1) is 6.42 Å². The SMILES string of the molecule is CCCCCCCC(CCCC)OC(=O)C(CC(=O)O)S(=O)(=O)O. The number of carboxylic acid groups (broad SMARTS) is 1. The Kier molecular flexibility index (Phi) is 11.7. The molecule has 0 fully saturated rings. The molecular formula is C16H30O7S. The van der Waals surface area contributed by atoms with E-state index in [-0.39, 0.29) is 0 Å². The summed E-state index contributed by atoms with van der Waals surface area (Å²) in [5.41, 5.74) is 0. The molecule has 24 heavy (non-hydrogen) atoms. The molecule has 2 atom stereocenters. The average Bonchev–Trinajstić information content (AvgIpc) is 2.48. The van der Waals surface area contributed by atoms with Gasteiger partial charge in [0.2, 0.25) is 0 Å². The Labute approximate surface area is 144 Å². The molecule has 0 aliphatic carbocycles. The van der Waals surface area contributed by atoms with Gasteiger partial charge in [-0.05, 0) is 19.3 Å². The molecule has 0 aliphatic heterocycles. The molecule has 0 radical (unpaired) electrons. The smallest absolute Gasteiger partial charge is 0.327 e. The summed E-state index contributed by atoms with van der Waals surface area (Å²) < 4.78 is 36.7. The number of carbonyl (C=O) groups excluding carboxylic acids is 1. The van der Waals surface area contributed by atoms with Gasteiger partial charge in [0, 0.05) is 0 Å². The van der Waals surface area contributed by atoms with E-state index in [0.29, 0.717) is 12.8 Å². The quantitative estimate of drug-likeness (QED) is 0.275. The number of esters is 1.